The second-order valence-corrected chi connectivity index (χ2v) is 7.82. The summed E-state index contributed by atoms with van der Waals surface area (Å²) in [5.41, 5.74) is 2.18. The van der Waals surface area contributed by atoms with E-state index in [1.165, 1.54) is 4.31 Å². The van der Waals surface area contributed by atoms with Crippen LogP contribution in [0.15, 0.2) is 53.4 Å². The fraction of sp³-hybridized carbons (Fsp3) is 0.316. The lowest BCUT2D eigenvalue weighted by Gasteiger charge is -2.21. The second-order valence-electron chi connectivity index (χ2n) is 5.96. The molecule has 25 heavy (non-hydrogen) atoms. The van der Waals surface area contributed by atoms with Crippen LogP contribution in [-0.4, -0.2) is 38.9 Å². The zero-order valence-electron chi connectivity index (χ0n) is 14.5. The highest BCUT2D eigenvalue weighted by Gasteiger charge is 2.31. The third-order valence-corrected chi connectivity index (χ3v) is 6.39. The Balaban J connectivity index is 1.93. The molecule has 0 N–H and O–H groups in total. The van der Waals surface area contributed by atoms with E-state index in [2.05, 4.69) is 0 Å². The van der Waals surface area contributed by atoms with Gasteiger partial charge in [0.1, 0.15) is 0 Å². The van der Waals surface area contributed by atoms with Gasteiger partial charge in [-0.3, -0.25) is 9.10 Å². The number of hydrogen-bond donors (Lipinski definition) is 0. The molecule has 0 saturated heterocycles. The van der Waals surface area contributed by atoms with Crippen LogP contribution in [0.25, 0.3) is 0 Å². The number of anilines is 1. The van der Waals surface area contributed by atoms with Crippen molar-refractivity contribution in [2.24, 2.45) is 0 Å². The Morgan fingerprint density at radius 2 is 1.76 bits per heavy atom. The third-order valence-electron chi connectivity index (χ3n) is 4.56. The molecule has 1 heterocycles. The van der Waals surface area contributed by atoms with Gasteiger partial charge in [0.15, 0.2) is 0 Å². The summed E-state index contributed by atoms with van der Waals surface area (Å²) in [6, 6.07) is 13.7. The Kier molecular flexibility index (Phi) is 4.81. The van der Waals surface area contributed by atoms with Gasteiger partial charge in [0.2, 0.25) is 0 Å². The molecular weight excluding hydrogens is 336 g/mol. The average Bonchev–Trinajstić information content (AvgIpc) is 3.07. The Labute approximate surface area is 148 Å². The number of carbonyl (C=O) groups excluding carboxylic acids is 1. The van der Waals surface area contributed by atoms with Gasteiger partial charge in [-0.1, -0.05) is 18.2 Å². The lowest BCUT2D eigenvalue weighted by Crippen LogP contribution is -2.30. The van der Waals surface area contributed by atoms with Crippen molar-refractivity contribution in [3.05, 3.63) is 59.7 Å². The molecule has 0 aliphatic carbocycles. The maximum atomic E-state index is 12.9. The summed E-state index contributed by atoms with van der Waals surface area (Å²) in [6.07, 6.45) is 0.612. The molecule has 1 aliphatic heterocycles. The minimum atomic E-state index is -3.57. The molecule has 0 fully saturated rings. The van der Waals surface area contributed by atoms with Gasteiger partial charge in [-0.25, -0.2) is 8.42 Å². The van der Waals surface area contributed by atoms with Crippen LogP contribution in [0.2, 0.25) is 0 Å². The van der Waals surface area contributed by atoms with Crippen LogP contribution in [0.4, 0.5) is 5.69 Å². The van der Waals surface area contributed by atoms with Gasteiger partial charge in [0.25, 0.3) is 15.9 Å². The average molecular weight is 358 g/mol. The molecule has 5 nitrogen and oxygen atoms in total. The molecule has 0 aromatic heterocycles. The Morgan fingerprint density at radius 1 is 1.08 bits per heavy atom. The van der Waals surface area contributed by atoms with Gasteiger partial charge in [-0.2, -0.15) is 0 Å². The highest BCUT2D eigenvalue weighted by Crippen LogP contribution is 2.33. The molecule has 2 aromatic rings. The van der Waals surface area contributed by atoms with E-state index in [0.717, 1.165) is 5.56 Å². The molecule has 0 atom stereocenters. The van der Waals surface area contributed by atoms with E-state index < -0.39 is 10.0 Å². The van der Waals surface area contributed by atoms with Gasteiger partial charge in [0, 0.05) is 25.2 Å². The maximum absolute atomic E-state index is 12.9. The van der Waals surface area contributed by atoms with Gasteiger partial charge in [0.05, 0.1) is 10.6 Å². The van der Waals surface area contributed by atoms with Crippen molar-refractivity contribution >= 4 is 21.6 Å². The first-order valence-corrected chi connectivity index (χ1v) is 9.93. The topological polar surface area (TPSA) is 57.7 Å². The van der Waals surface area contributed by atoms with E-state index >= 15 is 0 Å². The summed E-state index contributed by atoms with van der Waals surface area (Å²) in [7, 11) is -3.57. The van der Waals surface area contributed by atoms with Gasteiger partial charge < -0.3 is 4.90 Å². The Hall–Kier alpha value is -2.34. The molecule has 6 heteroatoms. The first kappa shape index (κ1) is 17.5. The third kappa shape index (κ3) is 3.14. The highest BCUT2D eigenvalue weighted by atomic mass is 32.2. The molecule has 0 unspecified atom stereocenters. The zero-order valence-corrected chi connectivity index (χ0v) is 15.3. The number of hydrogen-bond acceptors (Lipinski definition) is 3. The first-order valence-electron chi connectivity index (χ1n) is 8.49. The Morgan fingerprint density at radius 3 is 2.40 bits per heavy atom. The van der Waals surface area contributed by atoms with E-state index in [9.17, 15) is 13.2 Å². The van der Waals surface area contributed by atoms with Crippen LogP contribution in [0.3, 0.4) is 0 Å². The van der Waals surface area contributed by atoms with E-state index in [0.29, 0.717) is 37.3 Å². The van der Waals surface area contributed by atoms with E-state index in [1.54, 1.807) is 47.4 Å². The van der Waals surface area contributed by atoms with Crippen LogP contribution in [0, 0.1) is 0 Å². The number of fused-ring (bicyclic) bond motifs is 1. The quantitative estimate of drug-likeness (QED) is 0.826. The monoisotopic (exact) mass is 358 g/mol. The van der Waals surface area contributed by atoms with Crippen molar-refractivity contribution in [3.63, 3.8) is 0 Å². The minimum absolute atomic E-state index is 0.0165. The normalized spacial score (nSPS) is 13.6. The molecular formula is C19H22N2O3S. The standard InChI is InChI=1S/C19H22N2O3S/c1-3-20(4-2)19(22)16-10-11-18-15(14-16)12-13-21(18)25(23,24)17-8-6-5-7-9-17/h5-11,14H,3-4,12-13H2,1-2H3. The predicted molar refractivity (Wildman–Crippen MR) is 98.4 cm³/mol. The number of carbonyl (C=O) groups is 1. The molecule has 0 spiro atoms. The Bertz CT molecular complexity index is 875. The lowest BCUT2D eigenvalue weighted by molar-refractivity contribution is 0.0773. The zero-order chi connectivity index (χ0) is 18.0. The molecule has 0 radical (unpaired) electrons. The molecule has 132 valence electrons. The summed E-state index contributed by atoms with van der Waals surface area (Å²) in [4.78, 5) is 14.5. The summed E-state index contributed by atoms with van der Waals surface area (Å²) in [6.45, 7) is 5.60. The highest BCUT2D eigenvalue weighted by molar-refractivity contribution is 7.92. The largest absolute Gasteiger partial charge is 0.339 e. The second kappa shape index (κ2) is 6.88. The van der Waals surface area contributed by atoms with Crippen molar-refractivity contribution < 1.29 is 13.2 Å². The van der Waals surface area contributed by atoms with E-state index in [4.69, 9.17) is 0 Å². The van der Waals surface area contributed by atoms with Crippen LogP contribution in [0.1, 0.15) is 29.8 Å². The van der Waals surface area contributed by atoms with Gasteiger partial charge in [-0.15, -0.1) is 0 Å². The molecule has 2 aromatic carbocycles. The van der Waals surface area contributed by atoms with Crippen molar-refractivity contribution in [2.75, 3.05) is 23.9 Å². The molecule has 3 rings (SSSR count). The molecule has 1 amide bonds. The van der Waals surface area contributed by atoms with E-state index in [1.807, 2.05) is 19.9 Å². The summed E-state index contributed by atoms with van der Waals surface area (Å²) in [5.74, 6) is -0.0165. The SMILES string of the molecule is CCN(CC)C(=O)c1ccc2c(c1)CCN2S(=O)(=O)c1ccccc1. The van der Waals surface area contributed by atoms with Crippen LogP contribution < -0.4 is 4.31 Å². The van der Waals surface area contributed by atoms with E-state index in [-0.39, 0.29) is 10.8 Å². The fourth-order valence-electron chi connectivity index (χ4n) is 3.17. The van der Waals surface area contributed by atoms with Gasteiger partial charge in [-0.05, 0) is 56.2 Å². The van der Waals surface area contributed by atoms with Crippen molar-refractivity contribution in [1.29, 1.82) is 0 Å². The number of nitrogens with zero attached hydrogens (tertiary/aromatic N) is 2. The number of benzene rings is 2. The molecule has 0 bridgehead atoms. The van der Waals surface area contributed by atoms with Crippen molar-refractivity contribution in [1.82, 2.24) is 4.90 Å². The fourth-order valence-corrected chi connectivity index (χ4v) is 4.69. The van der Waals surface area contributed by atoms with Crippen LogP contribution in [0.5, 0.6) is 0 Å². The smallest absolute Gasteiger partial charge is 0.264 e. The maximum Gasteiger partial charge on any atom is 0.264 e. The van der Waals surface area contributed by atoms with Gasteiger partial charge >= 0.3 is 0 Å². The number of rotatable bonds is 5. The minimum Gasteiger partial charge on any atom is -0.339 e. The molecule has 1 aliphatic rings. The van der Waals surface area contributed by atoms with Crippen LogP contribution >= 0.6 is 0 Å². The summed E-state index contributed by atoms with van der Waals surface area (Å²) < 4.78 is 27.2. The lowest BCUT2D eigenvalue weighted by atomic mass is 10.1. The first-order chi connectivity index (χ1) is 12.0. The summed E-state index contributed by atoms with van der Waals surface area (Å²) >= 11 is 0. The predicted octanol–water partition coefficient (Wildman–Crippen LogP) is 2.92. The van der Waals surface area contributed by atoms with Crippen LogP contribution in [-0.2, 0) is 16.4 Å². The van der Waals surface area contributed by atoms with Crippen molar-refractivity contribution in [2.45, 2.75) is 25.2 Å². The molecule has 0 saturated carbocycles. The van der Waals surface area contributed by atoms with Crippen molar-refractivity contribution in [3.8, 4) is 0 Å². The number of sulfonamides is 1. The summed E-state index contributed by atoms with van der Waals surface area (Å²) in [5, 5.41) is 0. The number of amides is 1.